The molecule has 1 aliphatic rings. The average molecular weight is 273 g/mol. The van der Waals surface area contributed by atoms with Gasteiger partial charge in [-0.05, 0) is 43.5 Å². The standard InChI is InChI=1S/C15H16FN3O/c1-9-6-10(16)2-5-13(9)15-18-12(7-14(20)19-15)8-17-11-3-4-11/h2,5-7,11,17H,3-4,8H2,1H3,(H,18,19,20). The maximum absolute atomic E-state index is 13.1. The number of aromatic amines is 1. The van der Waals surface area contributed by atoms with Gasteiger partial charge in [0.1, 0.15) is 11.6 Å². The van der Waals surface area contributed by atoms with E-state index in [0.29, 0.717) is 24.1 Å². The highest BCUT2D eigenvalue weighted by atomic mass is 19.1. The van der Waals surface area contributed by atoms with Gasteiger partial charge in [-0.3, -0.25) is 4.79 Å². The minimum atomic E-state index is -0.292. The summed E-state index contributed by atoms with van der Waals surface area (Å²) in [6.07, 6.45) is 2.38. The molecule has 3 rings (SSSR count). The van der Waals surface area contributed by atoms with Crippen molar-refractivity contribution >= 4 is 0 Å². The third-order valence-corrected chi connectivity index (χ3v) is 3.39. The van der Waals surface area contributed by atoms with E-state index < -0.39 is 0 Å². The number of hydrogen-bond acceptors (Lipinski definition) is 3. The second-order valence-corrected chi connectivity index (χ2v) is 5.20. The number of aromatic nitrogens is 2. The summed E-state index contributed by atoms with van der Waals surface area (Å²) < 4.78 is 13.1. The fourth-order valence-electron chi connectivity index (χ4n) is 2.16. The van der Waals surface area contributed by atoms with Crippen LogP contribution in [0.1, 0.15) is 24.1 Å². The zero-order chi connectivity index (χ0) is 14.1. The molecular formula is C15H16FN3O. The van der Waals surface area contributed by atoms with Crippen LogP contribution in [0.25, 0.3) is 11.4 Å². The minimum Gasteiger partial charge on any atom is -0.308 e. The van der Waals surface area contributed by atoms with E-state index in [2.05, 4.69) is 15.3 Å². The summed E-state index contributed by atoms with van der Waals surface area (Å²) in [5.74, 6) is 0.197. The van der Waals surface area contributed by atoms with Gasteiger partial charge < -0.3 is 10.3 Å². The van der Waals surface area contributed by atoms with E-state index >= 15 is 0 Å². The number of aryl methyl sites for hydroxylation is 1. The van der Waals surface area contributed by atoms with Gasteiger partial charge in [-0.1, -0.05) is 0 Å². The monoisotopic (exact) mass is 273 g/mol. The van der Waals surface area contributed by atoms with Crippen LogP contribution in [0.2, 0.25) is 0 Å². The molecule has 0 amide bonds. The quantitative estimate of drug-likeness (QED) is 0.897. The Balaban J connectivity index is 1.93. The van der Waals surface area contributed by atoms with Gasteiger partial charge in [-0.15, -0.1) is 0 Å². The highest BCUT2D eigenvalue weighted by molar-refractivity contribution is 5.59. The highest BCUT2D eigenvalue weighted by Gasteiger charge is 2.20. The molecule has 5 heteroatoms. The molecule has 1 aliphatic carbocycles. The van der Waals surface area contributed by atoms with Gasteiger partial charge in [0.2, 0.25) is 0 Å². The molecule has 0 spiro atoms. The van der Waals surface area contributed by atoms with Gasteiger partial charge in [-0.25, -0.2) is 9.37 Å². The number of hydrogen-bond donors (Lipinski definition) is 2. The number of benzene rings is 1. The maximum Gasteiger partial charge on any atom is 0.251 e. The van der Waals surface area contributed by atoms with Crippen LogP contribution in [0.3, 0.4) is 0 Å². The van der Waals surface area contributed by atoms with Crippen molar-refractivity contribution < 1.29 is 4.39 Å². The first-order valence-corrected chi connectivity index (χ1v) is 6.72. The molecule has 104 valence electrons. The number of rotatable bonds is 4. The van der Waals surface area contributed by atoms with Gasteiger partial charge >= 0.3 is 0 Å². The van der Waals surface area contributed by atoms with E-state index in [9.17, 15) is 9.18 Å². The Hall–Kier alpha value is -2.01. The Morgan fingerprint density at radius 3 is 2.90 bits per heavy atom. The average Bonchev–Trinajstić information content (AvgIpc) is 3.19. The van der Waals surface area contributed by atoms with Crippen LogP contribution in [0, 0.1) is 12.7 Å². The fourth-order valence-corrected chi connectivity index (χ4v) is 2.16. The Morgan fingerprint density at radius 1 is 1.40 bits per heavy atom. The molecule has 0 bridgehead atoms. The summed E-state index contributed by atoms with van der Waals surface area (Å²) in [6.45, 7) is 2.38. The molecule has 2 aromatic rings. The number of nitrogens with zero attached hydrogens (tertiary/aromatic N) is 1. The lowest BCUT2D eigenvalue weighted by molar-refractivity contribution is 0.626. The van der Waals surface area contributed by atoms with E-state index in [1.54, 1.807) is 13.0 Å². The van der Waals surface area contributed by atoms with Gasteiger partial charge in [0.05, 0.1) is 5.69 Å². The van der Waals surface area contributed by atoms with Crippen LogP contribution >= 0.6 is 0 Å². The van der Waals surface area contributed by atoms with Gasteiger partial charge in [0.15, 0.2) is 0 Å². The van der Waals surface area contributed by atoms with Crippen molar-refractivity contribution in [1.29, 1.82) is 0 Å². The van der Waals surface area contributed by atoms with E-state index in [1.807, 2.05) is 0 Å². The molecule has 0 aliphatic heterocycles. The minimum absolute atomic E-state index is 0.189. The molecule has 1 heterocycles. The molecule has 1 fully saturated rings. The second-order valence-electron chi connectivity index (χ2n) is 5.20. The van der Waals surface area contributed by atoms with Crippen molar-refractivity contribution in [3.05, 3.63) is 51.7 Å². The first-order valence-electron chi connectivity index (χ1n) is 6.72. The smallest absolute Gasteiger partial charge is 0.251 e. The number of halogens is 1. The summed E-state index contributed by atoms with van der Waals surface area (Å²) in [5, 5.41) is 3.33. The molecule has 2 N–H and O–H groups in total. The Labute approximate surface area is 116 Å². The first-order chi connectivity index (χ1) is 9.61. The zero-order valence-electron chi connectivity index (χ0n) is 11.2. The van der Waals surface area contributed by atoms with Crippen LogP contribution in [0.15, 0.2) is 29.1 Å². The highest BCUT2D eigenvalue weighted by Crippen LogP contribution is 2.21. The number of nitrogens with one attached hydrogen (secondary N) is 2. The summed E-state index contributed by atoms with van der Waals surface area (Å²) >= 11 is 0. The van der Waals surface area contributed by atoms with Crippen molar-refractivity contribution in [3.63, 3.8) is 0 Å². The molecule has 0 unspecified atom stereocenters. The van der Waals surface area contributed by atoms with Crippen molar-refractivity contribution in [3.8, 4) is 11.4 Å². The molecule has 4 nitrogen and oxygen atoms in total. The van der Waals surface area contributed by atoms with E-state index in [-0.39, 0.29) is 11.4 Å². The predicted octanol–water partition coefficient (Wildman–Crippen LogP) is 2.14. The van der Waals surface area contributed by atoms with Gasteiger partial charge in [0.25, 0.3) is 5.56 Å². The zero-order valence-corrected chi connectivity index (χ0v) is 11.2. The van der Waals surface area contributed by atoms with Crippen LogP contribution in [-0.4, -0.2) is 16.0 Å². The molecule has 20 heavy (non-hydrogen) atoms. The summed E-state index contributed by atoms with van der Waals surface area (Å²) in [7, 11) is 0. The second kappa shape index (κ2) is 5.17. The van der Waals surface area contributed by atoms with Crippen molar-refractivity contribution in [2.45, 2.75) is 32.4 Å². The maximum atomic E-state index is 13.1. The Morgan fingerprint density at radius 2 is 2.20 bits per heavy atom. The lowest BCUT2D eigenvalue weighted by Gasteiger charge is -2.08. The van der Waals surface area contributed by atoms with Crippen molar-refractivity contribution in [2.24, 2.45) is 0 Å². The van der Waals surface area contributed by atoms with Crippen LogP contribution < -0.4 is 10.9 Å². The lowest BCUT2D eigenvalue weighted by atomic mass is 10.1. The van der Waals surface area contributed by atoms with Crippen LogP contribution in [-0.2, 0) is 6.54 Å². The molecule has 1 aromatic heterocycles. The van der Waals surface area contributed by atoms with Crippen LogP contribution in [0.5, 0.6) is 0 Å². The van der Waals surface area contributed by atoms with Crippen molar-refractivity contribution in [1.82, 2.24) is 15.3 Å². The topological polar surface area (TPSA) is 57.8 Å². The van der Waals surface area contributed by atoms with E-state index in [4.69, 9.17) is 0 Å². The largest absolute Gasteiger partial charge is 0.308 e. The molecule has 0 saturated heterocycles. The summed E-state index contributed by atoms with van der Waals surface area (Å²) in [5.41, 5.74) is 2.02. The van der Waals surface area contributed by atoms with Crippen LogP contribution in [0.4, 0.5) is 4.39 Å². The first kappa shape index (κ1) is 13.0. The molecule has 0 radical (unpaired) electrons. The normalized spacial score (nSPS) is 14.5. The summed E-state index contributed by atoms with van der Waals surface area (Å²) in [4.78, 5) is 18.9. The number of H-pyrrole nitrogens is 1. The Bertz CT molecular complexity index is 692. The third kappa shape index (κ3) is 2.93. The SMILES string of the molecule is Cc1cc(F)ccc1-c1nc(CNC2CC2)cc(=O)[nH]1. The predicted molar refractivity (Wildman–Crippen MR) is 74.9 cm³/mol. The van der Waals surface area contributed by atoms with Gasteiger partial charge in [0, 0.05) is 24.2 Å². The molecule has 1 aromatic carbocycles. The third-order valence-electron chi connectivity index (χ3n) is 3.39. The Kier molecular flexibility index (Phi) is 3.36. The van der Waals surface area contributed by atoms with E-state index in [0.717, 1.165) is 11.1 Å². The molecule has 0 atom stereocenters. The lowest BCUT2D eigenvalue weighted by Crippen LogP contribution is -2.19. The van der Waals surface area contributed by atoms with Crippen molar-refractivity contribution in [2.75, 3.05) is 0 Å². The van der Waals surface area contributed by atoms with E-state index in [1.165, 1.54) is 31.0 Å². The molecule has 1 saturated carbocycles. The summed E-state index contributed by atoms with van der Waals surface area (Å²) in [6, 6.07) is 6.51. The molecular weight excluding hydrogens is 257 g/mol. The van der Waals surface area contributed by atoms with Gasteiger partial charge in [-0.2, -0.15) is 0 Å². The fraction of sp³-hybridized carbons (Fsp3) is 0.333.